The van der Waals surface area contributed by atoms with Gasteiger partial charge in [-0.05, 0) is 54.6 Å². The Morgan fingerprint density at radius 2 is 1.70 bits per heavy atom. The summed E-state index contributed by atoms with van der Waals surface area (Å²) in [6, 6.07) is 15.7. The van der Waals surface area contributed by atoms with Crippen LogP contribution in [0.25, 0.3) is 0 Å². The van der Waals surface area contributed by atoms with Gasteiger partial charge in [-0.3, -0.25) is 4.79 Å². The van der Waals surface area contributed by atoms with E-state index in [4.69, 9.17) is 9.15 Å². The van der Waals surface area contributed by atoms with E-state index in [0.717, 1.165) is 22.8 Å². The predicted molar refractivity (Wildman–Crippen MR) is 107 cm³/mol. The second kappa shape index (κ2) is 8.77. The number of rotatable bonds is 7. The molecule has 0 fully saturated rings. The molecule has 0 aliphatic heterocycles. The fraction of sp³-hybridized carbons (Fsp3) is 0.238. The van der Waals surface area contributed by atoms with E-state index in [2.05, 4.69) is 29.4 Å². The van der Waals surface area contributed by atoms with Crippen molar-refractivity contribution in [2.45, 2.75) is 32.2 Å². The summed E-state index contributed by atoms with van der Waals surface area (Å²) in [4.78, 5) is 17.5. The zero-order valence-electron chi connectivity index (χ0n) is 15.6. The lowest BCUT2D eigenvalue weighted by molar-refractivity contribution is 0.0921. The van der Waals surface area contributed by atoms with Crippen molar-refractivity contribution in [3.05, 3.63) is 71.4 Å². The lowest BCUT2D eigenvalue weighted by atomic mass is 10.2. The van der Waals surface area contributed by atoms with Crippen molar-refractivity contribution in [1.82, 2.24) is 10.3 Å². The molecule has 0 radical (unpaired) electrons. The highest BCUT2D eigenvalue weighted by Gasteiger charge is 2.15. The van der Waals surface area contributed by atoms with Crippen molar-refractivity contribution in [3.63, 3.8) is 0 Å². The second-order valence-corrected chi connectivity index (χ2v) is 7.32. The molecule has 1 aromatic heterocycles. The SMILES string of the molecule is CCSc1ccc(Oc2ccc(CNC(=O)c3oc(C)nc3C)cc2)cc1. The summed E-state index contributed by atoms with van der Waals surface area (Å²) < 4.78 is 11.2. The minimum absolute atomic E-state index is 0.261. The van der Waals surface area contributed by atoms with Gasteiger partial charge in [-0.15, -0.1) is 11.8 Å². The van der Waals surface area contributed by atoms with Gasteiger partial charge < -0.3 is 14.5 Å². The Labute approximate surface area is 163 Å². The van der Waals surface area contributed by atoms with E-state index < -0.39 is 0 Å². The van der Waals surface area contributed by atoms with Crippen LogP contribution < -0.4 is 10.1 Å². The normalized spacial score (nSPS) is 10.6. The zero-order valence-corrected chi connectivity index (χ0v) is 16.4. The van der Waals surface area contributed by atoms with Crippen molar-refractivity contribution >= 4 is 17.7 Å². The van der Waals surface area contributed by atoms with Crippen LogP contribution in [0.5, 0.6) is 11.5 Å². The quantitative estimate of drug-likeness (QED) is 0.574. The molecule has 1 N–H and O–H groups in total. The third-order valence-electron chi connectivity index (χ3n) is 3.86. The Hall–Kier alpha value is -2.73. The molecule has 3 aromatic rings. The number of oxazole rings is 1. The summed E-state index contributed by atoms with van der Waals surface area (Å²) in [5, 5.41) is 2.84. The molecule has 6 heteroatoms. The van der Waals surface area contributed by atoms with E-state index in [9.17, 15) is 4.79 Å². The van der Waals surface area contributed by atoms with Crippen LogP contribution in [0.3, 0.4) is 0 Å². The molecule has 3 rings (SSSR count). The highest BCUT2D eigenvalue weighted by Crippen LogP contribution is 2.25. The summed E-state index contributed by atoms with van der Waals surface area (Å²) in [6.45, 7) is 6.01. The molecule has 2 aromatic carbocycles. The van der Waals surface area contributed by atoms with Gasteiger partial charge in [-0.25, -0.2) is 4.98 Å². The Morgan fingerprint density at radius 3 is 2.26 bits per heavy atom. The van der Waals surface area contributed by atoms with Gasteiger partial charge in [0.05, 0.1) is 5.69 Å². The average Bonchev–Trinajstić information content (AvgIpc) is 3.01. The van der Waals surface area contributed by atoms with Gasteiger partial charge >= 0.3 is 0 Å². The summed E-state index contributed by atoms with van der Waals surface area (Å²) in [5.74, 6) is 3.08. The van der Waals surface area contributed by atoms with E-state index in [1.54, 1.807) is 25.6 Å². The molecule has 140 valence electrons. The first-order valence-electron chi connectivity index (χ1n) is 8.77. The minimum Gasteiger partial charge on any atom is -0.457 e. The molecule has 0 aliphatic rings. The van der Waals surface area contributed by atoms with Crippen LogP contribution in [0.2, 0.25) is 0 Å². The van der Waals surface area contributed by atoms with Gasteiger partial charge in [0, 0.05) is 18.4 Å². The highest BCUT2D eigenvalue weighted by atomic mass is 32.2. The van der Waals surface area contributed by atoms with Crippen LogP contribution in [0, 0.1) is 13.8 Å². The molecule has 0 unspecified atom stereocenters. The molecule has 5 nitrogen and oxygen atoms in total. The van der Waals surface area contributed by atoms with Crippen molar-refractivity contribution in [3.8, 4) is 11.5 Å². The van der Waals surface area contributed by atoms with E-state index in [0.29, 0.717) is 18.1 Å². The number of amides is 1. The predicted octanol–water partition coefficient (Wildman–Crippen LogP) is 5.13. The number of hydrogen-bond acceptors (Lipinski definition) is 5. The third-order valence-corrected chi connectivity index (χ3v) is 4.75. The van der Waals surface area contributed by atoms with Crippen LogP contribution in [0.4, 0.5) is 0 Å². The molecule has 0 saturated heterocycles. The molecule has 1 amide bonds. The number of nitrogens with one attached hydrogen (secondary N) is 1. The van der Waals surface area contributed by atoms with Crippen molar-refractivity contribution < 1.29 is 13.9 Å². The lowest BCUT2D eigenvalue weighted by Crippen LogP contribution is -2.23. The highest BCUT2D eigenvalue weighted by molar-refractivity contribution is 7.99. The maximum atomic E-state index is 12.2. The fourth-order valence-corrected chi connectivity index (χ4v) is 3.25. The monoisotopic (exact) mass is 382 g/mol. The average molecular weight is 382 g/mol. The first kappa shape index (κ1) is 19.0. The topological polar surface area (TPSA) is 64.4 Å². The molecule has 0 bridgehead atoms. The van der Waals surface area contributed by atoms with Gasteiger partial charge in [0.25, 0.3) is 5.91 Å². The van der Waals surface area contributed by atoms with Crippen LogP contribution >= 0.6 is 11.8 Å². The van der Waals surface area contributed by atoms with Crippen molar-refractivity contribution in [1.29, 1.82) is 0 Å². The van der Waals surface area contributed by atoms with Gasteiger partial charge in [0.1, 0.15) is 11.5 Å². The summed E-state index contributed by atoms with van der Waals surface area (Å²) in [7, 11) is 0. The number of thioether (sulfide) groups is 1. The molecule has 0 aliphatic carbocycles. The van der Waals surface area contributed by atoms with Crippen molar-refractivity contribution in [2.75, 3.05) is 5.75 Å². The van der Waals surface area contributed by atoms with E-state index in [-0.39, 0.29) is 11.7 Å². The smallest absolute Gasteiger partial charge is 0.289 e. The fourth-order valence-electron chi connectivity index (χ4n) is 2.59. The standard InChI is InChI=1S/C21H22N2O3S/c1-4-27-19-11-9-18(10-12-19)26-17-7-5-16(6-8-17)13-22-21(24)20-14(2)23-15(3)25-20/h5-12H,4,13H2,1-3H3,(H,22,24). The lowest BCUT2D eigenvalue weighted by Gasteiger charge is -2.08. The maximum absolute atomic E-state index is 12.2. The van der Waals surface area contributed by atoms with Crippen LogP contribution in [-0.2, 0) is 6.54 Å². The summed E-state index contributed by atoms with van der Waals surface area (Å²) in [5.41, 5.74) is 1.57. The Bertz CT molecular complexity index is 902. The third kappa shape index (κ3) is 5.14. The molecule has 0 saturated carbocycles. The van der Waals surface area contributed by atoms with E-state index >= 15 is 0 Å². The molecular weight excluding hydrogens is 360 g/mol. The summed E-state index contributed by atoms with van der Waals surface area (Å²) >= 11 is 1.80. The number of aromatic nitrogens is 1. The second-order valence-electron chi connectivity index (χ2n) is 5.98. The van der Waals surface area contributed by atoms with Crippen LogP contribution in [0.15, 0.2) is 57.8 Å². The van der Waals surface area contributed by atoms with Gasteiger partial charge in [-0.1, -0.05) is 19.1 Å². The van der Waals surface area contributed by atoms with Crippen LogP contribution in [-0.4, -0.2) is 16.6 Å². The number of hydrogen-bond donors (Lipinski definition) is 1. The van der Waals surface area contributed by atoms with Gasteiger partial charge in [0.2, 0.25) is 5.76 Å². The number of ether oxygens (including phenoxy) is 1. The molecule has 1 heterocycles. The van der Waals surface area contributed by atoms with E-state index in [1.807, 2.05) is 36.4 Å². The molecule has 0 spiro atoms. The molecule has 27 heavy (non-hydrogen) atoms. The minimum atomic E-state index is -0.265. The molecular formula is C21H22N2O3S. The first-order valence-corrected chi connectivity index (χ1v) is 9.75. The van der Waals surface area contributed by atoms with Crippen molar-refractivity contribution in [2.24, 2.45) is 0 Å². The summed E-state index contributed by atoms with van der Waals surface area (Å²) in [6.07, 6.45) is 0. The number of benzene rings is 2. The van der Waals surface area contributed by atoms with E-state index in [1.165, 1.54) is 4.90 Å². The number of carbonyl (C=O) groups excluding carboxylic acids is 1. The number of nitrogens with zero attached hydrogens (tertiary/aromatic N) is 1. The van der Waals surface area contributed by atoms with Gasteiger partial charge in [-0.2, -0.15) is 0 Å². The number of carbonyl (C=O) groups is 1. The maximum Gasteiger partial charge on any atom is 0.289 e. The Kier molecular flexibility index (Phi) is 6.19. The Morgan fingerprint density at radius 1 is 1.07 bits per heavy atom. The largest absolute Gasteiger partial charge is 0.457 e. The number of aryl methyl sites for hydroxylation is 2. The Balaban J connectivity index is 1.55. The first-order chi connectivity index (χ1) is 13.0. The molecule has 0 atom stereocenters. The van der Waals surface area contributed by atoms with Gasteiger partial charge in [0.15, 0.2) is 5.89 Å². The van der Waals surface area contributed by atoms with Crippen LogP contribution in [0.1, 0.15) is 34.6 Å². The zero-order chi connectivity index (χ0) is 19.2.